The summed E-state index contributed by atoms with van der Waals surface area (Å²) >= 11 is 0. The molecular formula is C13H16N4O. The van der Waals surface area contributed by atoms with Crippen molar-refractivity contribution in [3.63, 3.8) is 0 Å². The number of nitrogens with zero attached hydrogens (tertiary/aromatic N) is 3. The Hall–Kier alpha value is -1.75. The molecule has 0 amide bonds. The second kappa shape index (κ2) is 4.86. The maximum Gasteiger partial charge on any atom is 0.215 e. The summed E-state index contributed by atoms with van der Waals surface area (Å²) < 4.78 is 5.83. The Bertz CT molecular complexity index is 539. The van der Waals surface area contributed by atoms with Crippen LogP contribution < -0.4 is 10.1 Å². The van der Waals surface area contributed by atoms with E-state index in [4.69, 9.17) is 4.74 Å². The molecule has 2 heterocycles. The fraction of sp³-hybridized carbons (Fsp3) is 0.462. The lowest BCUT2D eigenvalue weighted by Crippen LogP contribution is -2.38. The van der Waals surface area contributed by atoms with E-state index in [-0.39, 0.29) is 0 Å². The van der Waals surface area contributed by atoms with Crippen LogP contribution in [-0.4, -0.2) is 34.6 Å². The summed E-state index contributed by atoms with van der Waals surface area (Å²) in [6.45, 7) is 1.07. The Balaban J connectivity index is 1.65. The highest BCUT2D eigenvalue weighted by atomic mass is 16.5. The molecule has 1 aliphatic carbocycles. The van der Waals surface area contributed by atoms with Crippen molar-refractivity contribution in [1.82, 2.24) is 20.3 Å². The van der Waals surface area contributed by atoms with Crippen LogP contribution in [0, 0.1) is 5.92 Å². The van der Waals surface area contributed by atoms with Crippen LogP contribution in [0.4, 0.5) is 0 Å². The number of rotatable bonds is 4. The average molecular weight is 244 g/mol. The predicted octanol–water partition coefficient (Wildman–Crippen LogP) is 1.40. The fourth-order valence-corrected chi connectivity index (χ4v) is 2.30. The number of fused-ring (bicyclic) bond motifs is 1. The molecule has 0 atom stereocenters. The van der Waals surface area contributed by atoms with Crippen molar-refractivity contribution in [3.05, 3.63) is 24.5 Å². The minimum absolute atomic E-state index is 0.296. The van der Waals surface area contributed by atoms with Gasteiger partial charge in [-0.25, -0.2) is 4.98 Å². The first-order chi connectivity index (χ1) is 8.85. The van der Waals surface area contributed by atoms with E-state index in [1.165, 1.54) is 0 Å². The van der Waals surface area contributed by atoms with E-state index in [1.54, 1.807) is 12.4 Å². The molecular weight excluding hydrogens is 228 g/mol. The van der Waals surface area contributed by atoms with E-state index < -0.39 is 0 Å². The molecule has 5 heteroatoms. The van der Waals surface area contributed by atoms with Crippen LogP contribution in [0.15, 0.2) is 24.5 Å². The smallest absolute Gasteiger partial charge is 0.215 e. The van der Waals surface area contributed by atoms with Crippen LogP contribution in [0.3, 0.4) is 0 Å². The van der Waals surface area contributed by atoms with Gasteiger partial charge in [-0.1, -0.05) is 0 Å². The van der Waals surface area contributed by atoms with Gasteiger partial charge in [0.2, 0.25) is 5.88 Å². The van der Waals surface area contributed by atoms with Crippen LogP contribution in [0.1, 0.15) is 12.8 Å². The van der Waals surface area contributed by atoms with Crippen molar-refractivity contribution in [1.29, 1.82) is 0 Å². The molecule has 0 aliphatic heterocycles. The minimum Gasteiger partial charge on any atom is -0.474 e. The first-order valence-electron chi connectivity index (χ1n) is 6.24. The molecule has 18 heavy (non-hydrogen) atoms. The molecule has 2 aromatic rings. The Morgan fingerprint density at radius 2 is 2.11 bits per heavy atom. The summed E-state index contributed by atoms with van der Waals surface area (Å²) in [6, 6.07) is 3.76. The predicted molar refractivity (Wildman–Crippen MR) is 68.4 cm³/mol. The van der Waals surface area contributed by atoms with Crippen molar-refractivity contribution in [2.24, 2.45) is 5.92 Å². The molecule has 0 unspecified atom stereocenters. The SMILES string of the molecule is CNCC1CC(Oc2ccc3nccnc3n2)C1. The zero-order chi connectivity index (χ0) is 12.4. The second-order valence-electron chi connectivity index (χ2n) is 4.68. The van der Waals surface area contributed by atoms with Gasteiger partial charge in [-0.05, 0) is 38.4 Å². The topological polar surface area (TPSA) is 59.9 Å². The number of ether oxygens (including phenoxy) is 1. The number of hydrogen-bond acceptors (Lipinski definition) is 5. The van der Waals surface area contributed by atoms with Gasteiger partial charge in [-0.3, -0.25) is 4.98 Å². The molecule has 1 aliphatic rings. The van der Waals surface area contributed by atoms with Crippen molar-refractivity contribution in [3.8, 4) is 5.88 Å². The monoisotopic (exact) mass is 244 g/mol. The molecule has 1 fully saturated rings. The van der Waals surface area contributed by atoms with Gasteiger partial charge in [0.1, 0.15) is 11.6 Å². The highest BCUT2D eigenvalue weighted by molar-refractivity contribution is 5.69. The van der Waals surface area contributed by atoms with Crippen LogP contribution in [0.25, 0.3) is 11.2 Å². The van der Waals surface area contributed by atoms with E-state index in [9.17, 15) is 0 Å². The van der Waals surface area contributed by atoms with Crippen LogP contribution in [0.5, 0.6) is 5.88 Å². The molecule has 0 radical (unpaired) electrons. The van der Waals surface area contributed by atoms with Crippen LogP contribution in [-0.2, 0) is 0 Å². The molecule has 94 valence electrons. The molecule has 0 spiro atoms. The summed E-state index contributed by atoms with van der Waals surface area (Å²) in [5, 5.41) is 3.19. The molecule has 1 N–H and O–H groups in total. The standard InChI is InChI=1S/C13H16N4O/c1-14-8-9-6-10(7-9)18-12-3-2-11-13(17-12)16-5-4-15-11/h2-5,9-10,14H,6-8H2,1H3. The van der Waals surface area contributed by atoms with E-state index >= 15 is 0 Å². The zero-order valence-electron chi connectivity index (χ0n) is 10.3. The van der Waals surface area contributed by atoms with E-state index in [2.05, 4.69) is 20.3 Å². The van der Waals surface area contributed by atoms with Crippen molar-refractivity contribution in [2.75, 3.05) is 13.6 Å². The quantitative estimate of drug-likeness (QED) is 0.881. The summed E-state index contributed by atoms with van der Waals surface area (Å²) in [6.07, 6.45) is 5.80. The summed E-state index contributed by atoms with van der Waals surface area (Å²) in [5.41, 5.74) is 1.44. The van der Waals surface area contributed by atoms with Crippen molar-refractivity contribution < 1.29 is 4.74 Å². The van der Waals surface area contributed by atoms with Gasteiger partial charge in [0.05, 0.1) is 0 Å². The van der Waals surface area contributed by atoms with Crippen LogP contribution in [0.2, 0.25) is 0 Å². The average Bonchev–Trinajstić information content (AvgIpc) is 2.36. The summed E-state index contributed by atoms with van der Waals surface area (Å²) in [5.74, 6) is 1.39. The number of aromatic nitrogens is 3. The van der Waals surface area contributed by atoms with E-state index in [1.807, 2.05) is 19.2 Å². The highest BCUT2D eigenvalue weighted by Crippen LogP contribution is 2.30. The minimum atomic E-state index is 0.296. The molecule has 1 saturated carbocycles. The maximum absolute atomic E-state index is 5.83. The Morgan fingerprint density at radius 1 is 1.28 bits per heavy atom. The fourth-order valence-electron chi connectivity index (χ4n) is 2.30. The normalized spacial score (nSPS) is 22.7. The second-order valence-corrected chi connectivity index (χ2v) is 4.68. The number of nitrogens with one attached hydrogen (secondary N) is 1. The number of hydrogen-bond donors (Lipinski definition) is 1. The van der Waals surface area contributed by atoms with E-state index in [0.717, 1.165) is 30.8 Å². The highest BCUT2D eigenvalue weighted by Gasteiger charge is 2.30. The summed E-state index contributed by atoms with van der Waals surface area (Å²) in [7, 11) is 1.98. The largest absolute Gasteiger partial charge is 0.474 e. The lowest BCUT2D eigenvalue weighted by atomic mass is 9.82. The number of pyridine rings is 1. The van der Waals surface area contributed by atoms with Crippen molar-refractivity contribution in [2.45, 2.75) is 18.9 Å². The van der Waals surface area contributed by atoms with Crippen LogP contribution >= 0.6 is 0 Å². The van der Waals surface area contributed by atoms with Gasteiger partial charge in [-0.2, -0.15) is 4.98 Å². The zero-order valence-corrected chi connectivity index (χ0v) is 10.3. The van der Waals surface area contributed by atoms with E-state index in [0.29, 0.717) is 17.6 Å². The Kier molecular flexibility index (Phi) is 3.06. The Labute approximate surface area is 106 Å². The first-order valence-corrected chi connectivity index (χ1v) is 6.24. The third-order valence-corrected chi connectivity index (χ3v) is 3.28. The Morgan fingerprint density at radius 3 is 2.94 bits per heavy atom. The lowest BCUT2D eigenvalue weighted by Gasteiger charge is -2.34. The maximum atomic E-state index is 5.83. The van der Waals surface area contributed by atoms with Gasteiger partial charge in [0.15, 0.2) is 5.65 Å². The first kappa shape index (κ1) is 11.3. The van der Waals surface area contributed by atoms with Gasteiger partial charge >= 0.3 is 0 Å². The molecule has 5 nitrogen and oxygen atoms in total. The molecule has 0 aromatic carbocycles. The molecule has 2 aromatic heterocycles. The third-order valence-electron chi connectivity index (χ3n) is 3.28. The van der Waals surface area contributed by atoms with Gasteiger partial charge < -0.3 is 10.1 Å². The lowest BCUT2D eigenvalue weighted by molar-refractivity contribution is 0.0620. The van der Waals surface area contributed by atoms with Gasteiger partial charge in [-0.15, -0.1) is 0 Å². The molecule has 3 rings (SSSR count). The van der Waals surface area contributed by atoms with Gasteiger partial charge in [0, 0.05) is 18.5 Å². The third kappa shape index (κ3) is 2.26. The van der Waals surface area contributed by atoms with Gasteiger partial charge in [0.25, 0.3) is 0 Å². The summed E-state index contributed by atoms with van der Waals surface area (Å²) in [4.78, 5) is 12.7. The molecule has 0 bridgehead atoms. The molecule has 0 saturated heterocycles. The van der Waals surface area contributed by atoms with Crippen molar-refractivity contribution >= 4 is 11.2 Å².